The Labute approximate surface area is 123 Å². The Balaban J connectivity index is 2.02. The van der Waals surface area contributed by atoms with Crippen molar-refractivity contribution in [2.24, 2.45) is 5.73 Å². The maximum atomic E-state index is 11.7. The van der Waals surface area contributed by atoms with E-state index < -0.39 is 5.54 Å². The molecule has 0 bridgehead atoms. The summed E-state index contributed by atoms with van der Waals surface area (Å²) in [5.74, 6) is 0.588. The van der Waals surface area contributed by atoms with Crippen molar-refractivity contribution in [1.82, 2.24) is 15.1 Å². The highest BCUT2D eigenvalue weighted by Gasteiger charge is 2.21. The van der Waals surface area contributed by atoms with Gasteiger partial charge < -0.3 is 15.8 Å². The second kappa shape index (κ2) is 5.97. The van der Waals surface area contributed by atoms with Gasteiger partial charge in [0, 0.05) is 6.20 Å². The van der Waals surface area contributed by atoms with Gasteiger partial charge in [0.2, 0.25) is 5.91 Å². The fourth-order valence-corrected chi connectivity index (χ4v) is 1.73. The number of hydrogen-bond acceptors (Lipinski definition) is 4. The zero-order valence-electron chi connectivity index (χ0n) is 12.5. The predicted molar refractivity (Wildman–Crippen MR) is 80.2 cm³/mol. The third kappa shape index (κ3) is 3.82. The molecule has 1 heterocycles. The monoisotopic (exact) mass is 288 g/mol. The molecule has 0 aliphatic heterocycles. The quantitative estimate of drug-likeness (QED) is 0.867. The molecule has 0 saturated carbocycles. The largest absolute Gasteiger partial charge is 0.497 e. The number of ether oxygens (including phenoxy) is 1. The maximum Gasteiger partial charge on any atom is 0.239 e. The molecule has 0 aliphatic carbocycles. The summed E-state index contributed by atoms with van der Waals surface area (Å²) in [5.41, 5.74) is 6.52. The van der Waals surface area contributed by atoms with Gasteiger partial charge in [0.05, 0.1) is 30.6 Å². The lowest BCUT2D eigenvalue weighted by Gasteiger charge is -2.17. The van der Waals surface area contributed by atoms with Crippen molar-refractivity contribution in [3.8, 4) is 11.4 Å². The number of hydrogen-bond donors (Lipinski definition) is 2. The summed E-state index contributed by atoms with van der Waals surface area (Å²) in [5, 5.41) is 7.17. The van der Waals surface area contributed by atoms with Crippen LogP contribution in [0.4, 0.5) is 0 Å². The molecule has 3 N–H and O–H groups in total. The van der Waals surface area contributed by atoms with Crippen LogP contribution in [0.15, 0.2) is 36.5 Å². The molecule has 112 valence electrons. The van der Waals surface area contributed by atoms with Crippen molar-refractivity contribution in [3.05, 3.63) is 42.2 Å². The smallest absolute Gasteiger partial charge is 0.239 e. The van der Waals surface area contributed by atoms with E-state index in [1.165, 1.54) is 0 Å². The van der Waals surface area contributed by atoms with Crippen LogP contribution in [0.5, 0.6) is 5.75 Å². The van der Waals surface area contributed by atoms with Gasteiger partial charge in [-0.15, -0.1) is 0 Å². The molecule has 0 fully saturated rings. The molecule has 0 radical (unpaired) electrons. The first-order valence-corrected chi connectivity index (χ1v) is 6.66. The van der Waals surface area contributed by atoms with Gasteiger partial charge in [-0.1, -0.05) is 0 Å². The minimum absolute atomic E-state index is 0.207. The van der Waals surface area contributed by atoms with Crippen LogP contribution in [0.25, 0.3) is 5.69 Å². The van der Waals surface area contributed by atoms with Gasteiger partial charge >= 0.3 is 0 Å². The van der Waals surface area contributed by atoms with Gasteiger partial charge in [0.15, 0.2) is 0 Å². The van der Waals surface area contributed by atoms with Crippen LogP contribution in [-0.4, -0.2) is 28.3 Å². The number of nitrogens with two attached hydrogens (primary N) is 1. The Kier molecular flexibility index (Phi) is 4.28. The normalized spacial score (nSPS) is 11.2. The average molecular weight is 288 g/mol. The van der Waals surface area contributed by atoms with Crippen molar-refractivity contribution in [2.45, 2.75) is 25.9 Å². The Bertz CT molecular complexity index is 611. The summed E-state index contributed by atoms with van der Waals surface area (Å²) >= 11 is 0. The van der Waals surface area contributed by atoms with E-state index in [1.54, 1.807) is 25.6 Å². The van der Waals surface area contributed by atoms with Crippen LogP contribution in [0, 0.1) is 0 Å². The van der Waals surface area contributed by atoms with Crippen LogP contribution in [0.1, 0.15) is 19.5 Å². The van der Waals surface area contributed by atoms with Gasteiger partial charge in [-0.3, -0.25) is 4.79 Å². The Morgan fingerprint density at radius 2 is 2.00 bits per heavy atom. The van der Waals surface area contributed by atoms with Crippen molar-refractivity contribution in [1.29, 1.82) is 0 Å². The van der Waals surface area contributed by atoms with Gasteiger partial charge in [-0.25, -0.2) is 4.68 Å². The van der Waals surface area contributed by atoms with E-state index >= 15 is 0 Å². The zero-order chi connectivity index (χ0) is 15.5. The van der Waals surface area contributed by atoms with Gasteiger partial charge in [0.1, 0.15) is 5.75 Å². The van der Waals surface area contributed by atoms with Crippen molar-refractivity contribution < 1.29 is 9.53 Å². The average Bonchev–Trinajstić information content (AvgIpc) is 2.92. The van der Waals surface area contributed by atoms with Crippen molar-refractivity contribution >= 4 is 5.91 Å². The highest BCUT2D eigenvalue weighted by Crippen LogP contribution is 2.14. The van der Waals surface area contributed by atoms with Crippen LogP contribution >= 0.6 is 0 Å². The second-order valence-electron chi connectivity index (χ2n) is 5.35. The Morgan fingerprint density at radius 3 is 2.57 bits per heavy atom. The minimum Gasteiger partial charge on any atom is -0.497 e. The summed E-state index contributed by atoms with van der Waals surface area (Å²) in [4.78, 5) is 11.7. The van der Waals surface area contributed by atoms with E-state index in [1.807, 2.05) is 36.5 Å². The molecule has 6 heteroatoms. The van der Waals surface area contributed by atoms with E-state index in [0.29, 0.717) is 6.54 Å². The standard InChI is InChI=1S/C15H20N4O2/c1-15(2,16)14(20)17-10-11-8-9-19(18-11)12-4-6-13(21-3)7-5-12/h4-9H,10,16H2,1-3H3,(H,17,20). The fraction of sp³-hybridized carbons (Fsp3) is 0.333. The van der Waals surface area contributed by atoms with Crippen LogP contribution in [-0.2, 0) is 11.3 Å². The number of carbonyl (C=O) groups excluding carboxylic acids is 1. The zero-order valence-corrected chi connectivity index (χ0v) is 12.5. The first-order valence-electron chi connectivity index (χ1n) is 6.66. The molecule has 1 aromatic heterocycles. The number of carbonyl (C=O) groups is 1. The molecule has 6 nitrogen and oxygen atoms in total. The summed E-state index contributed by atoms with van der Waals surface area (Å²) in [6.45, 7) is 3.68. The van der Waals surface area contributed by atoms with E-state index in [9.17, 15) is 4.79 Å². The molecular formula is C15H20N4O2. The van der Waals surface area contributed by atoms with Crippen molar-refractivity contribution in [2.75, 3.05) is 7.11 Å². The van der Waals surface area contributed by atoms with Gasteiger partial charge in [0.25, 0.3) is 0 Å². The van der Waals surface area contributed by atoms with E-state index in [2.05, 4.69) is 10.4 Å². The Morgan fingerprint density at radius 1 is 1.33 bits per heavy atom. The van der Waals surface area contributed by atoms with E-state index in [4.69, 9.17) is 10.5 Å². The third-order valence-electron chi connectivity index (χ3n) is 3.00. The number of benzene rings is 1. The molecule has 21 heavy (non-hydrogen) atoms. The lowest BCUT2D eigenvalue weighted by molar-refractivity contribution is -0.125. The molecule has 1 amide bonds. The van der Waals surface area contributed by atoms with E-state index in [0.717, 1.165) is 17.1 Å². The molecule has 0 unspecified atom stereocenters. The Hall–Kier alpha value is -2.34. The number of rotatable bonds is 5. The van der Waals surface area contributed by atoms with Gasteiger partial charge in [-0.05, 0) is 44.2 Å². The fourth-order valence-electron chi connectivity index (χ4n) is 1.73. The third-order valence-corrected chi connectivity index (χ3v) is 3.00. The molecule has 0 saturated heterocycles. The number of amides is 1. The number of nitrogens with zero attached hydrogens (tertiary/aromatic N) is 2. The lowest BCUT2D eigenvalue weighted by Crippen LogP contribution is -2.48. The molecule has 0 aliphatic rings. The first kappa shape index (κ1) is 15.1. The minimum atomic E-state index is -0.890. The summed E-state index contributed by atoms with van der Waals surface area (Å²) < 4.78 is 6.86. The highest BCUT2D eigenvalue weighted by atomic mass is 16.5. The number of nitrogens with one attached hydrogen (secondary N) is 1. The molecule has 2 aromatic rings. The van der Waals surface area contributed by atoms with E-state index in [-0.39, 0.29) is 5.91 Å². The SMILES string of the molecule is COc1ccc(-n2ccc(CNC(=O)C(C)(C)N)n2)cc1. The molecular weight excluding hydrogens is 268 g/mol. The lowest BCUT2D eigenvalue weighted by atomic mass is 10.1. The molecule has 1 aromatic carbocycles. The predicted octanol–water partition coefficient (Wildman–Crippen LogP) is 1.23. The molecule has 2 rings (SSSR count). The summed E-state index contributed by atoms with van der Waals surface area (Å²) in [7, 11) is 1.63. The number of aromatic nitrogens is 2. The summed E-state index contributed by atoms with van der Waals surface area (Å²) in [6, 6.07) is 9.42. The number of methoxy groups -OCH3 is 1. The summed E-state index contributed by atoms with van der Waals surface area (Å²) in [6.07, 6.45) is 1.84. The molecule has 0 spiro atoms. The topological polar surface area (TPSA) is 82.2 Å². The highest BCUT2D eigenvalue weighted by molar-refractivity contribution is 5.84. The second-order valence-corrected chi connectivity index (χ2v) is 5.35. The van der Waals surface area contributed by atoms with Gasteiger partial charge in [-0.2, -0.15) is 5.10 Å². The van der Waals surface area contributed by atoms with Crippen LogP contribution in [0.3, 0.4) is 0 Å². The first-order chi connectivity index (χ1) is 9.90. The van der Waals surface area contributed by atoms with Crippen LogP contribution in [0.2, 0.25) is 0 Å². The van der Waals surface area contributed by atoms with Crippen molar-refractivity contribution in [3.63, 3.8) is 0 Å². The molecule has 0 atom stereocenters. The van der Waals surface area contributed by atoms with Crippen LogP contribution < -0.4 is 15.8 Å². The maximum absolute atomic E-state index is 11.7.